The van der Waals surface area contributed by atoms with E-state index in [1.807, 2.05) is 6.92 Å². The molecule has 0 aliphatic heterocycles. The number of hydrogen-bond donors (Lipinski definition) is 2. The molecule has 0 atom stereocenters. The second kappa shape index (κ2) is 7.28. The van der Waals surface area contributed by atoms with Gasteiger partial charge >= 0.3 is 0 Å². The van der Waals surface area contributed by atoms with Crippen LogP contribution in [0.4, 0.5) is 5.69 Å². The second-order valence-corrected chi connectivity index (χ2v) is 6.84. The van der Waals surface area contributed by atoms with Crippen LogP contribution in [0.25, 0.3) is 0 Å². The van der Waals surface area contributed by atoms with Crippen LogP contribution in [0.15, 0.2) is 18.2 Å². The van der Waals surface area contributed by atoms with Gasteiger partial charge in [-0.05, 0) is 25.1 Å². The van der Waals surface area contributed by atoms with Gasteiger partial charge in [0.05, 0.1) is 18.0 Å². The number of amides is 1. The van der Waals surface area contributed by atoms with E-state index in [4.69, 9.17) is 10.5 Å². The zero-order chi connectivity index (χ0) is 16.0. The van der Waals surface area contributed by atoms with Gasteiger partial charge in [0, 0.05) is 26.2 Å². The molecule has 1 amide bonds. The Morgan fingerprint density at radius 2 is 2.05 bits per heavy atom. The Kier molecular flexibility index (Phi) is 5.98. The maximum absolute atomic E-state index is 11.9. The van der Waals surface area contributed by atoms with Gasteiger partial charge in [0.25, 0.3) is 5.91 Å². The molecule has 0 heterocycles. The molecule has 21 heavy (non-hydrogen) atoms. The Morgan fingerprint density at radius 3 is 2.57 bits per heavy atom. The van der Waals surface area contributed by atoms with Crippen LogP contribution in [-0.4, -0.2) is 51.6 Å². The summed E-state index contributed by atoms with van der Waals surface area (Å²) in [5.74, 6) is -0.0129. The largest absolute Gasteiger partial charge is 0.492 e. The van der Waals surface area contributed by atoms with Crippen molar-refractivity contribution in [3.63, 3.8) is 0 Å². The molecule has 0 fully saturated rings. The van der Waals surface area contributed by atoms with E-state index in [-0.39, 0.29) is 18.2 Å². The molecule has 0 spiro atoms. The Balaban J connectivity index is 2.63. The summed E-state index contributed by atoms with van der Waals surface area (Å²) in [6, 6.07) is 4.70. The van der Waals surface area contributed by atoms with Crippen LogP contribution >= 0.6 is 0 Å². The van der Waals surface area contributed by atoms with Gasteiger partial charge in [-0.15, -0.1) is 0 Å². The van der Waals surface area contributed by atoms with E-state index >= 15 is 0 Å². The monoisotopic (exact) mass is 315 g/mol. The van der Waals surface area contributed by atoms with Crippen LogP contribution in [-0.2, 0) is 10.0 Å². The topological polar surface area (TPSA) is 102 Å². The molecular formula is C13H21N3O4S. The highest BCUT2D eigenvalue weighted by Gasteiger charge is 2.14. The van der Waals surface area contributed by atoms with E-state index in [9.17, 15) is 13.2 Å². The van der Waals surface area contributed by atoms with Crippen LogP contribution < -0.4 is 15.8 Å². The average molecular weight is 315 g/mol. The van der Waals surface area contributed by atoms with Crippen molar-refractivity contribution in [2.24, 2.45) is 0 Å². The molecule has 1 rings (SSSR count). The first-order valence-corrected chi connectivity index (χ1v) is 8.09. The van der Waals surface area contributed by atoms with E-state index in [2.05, 4.69) is 5.32 Å². The predicted molar refractivity (Wildman–Crippen MR) is 81.8 cm³/mol. The maximum Gasteiger partial charge on any atom is 0.251 e. The number of sulfonamides is 1. The van der Waals surface area contributed by atoms with E-state index in [1.165, 1.54) is 20.2 Å². The molecule has 7 nitrogen and oxygen atoms in total. The molecule has 1 aromatic rings. The number of nitrogens with two attached hydrogens (primary N) is 1. The van der Waals surface area contributed by atoms with Crippen LogP contribution in [0.5, 0.6) is 5.75 Å². The molecule has 1 aromatic carbocycles. The number of rotatable bonds is 7. The number of nitrogens with zero attached hydrogens (tertiary/aromatic N) is 1. The summed E-state index contributed by atoms with van der Waals surface area (Å²) >= 11 is 0. The summed E-state index contributed by atoms with van der Waals surface area (Å²) in [6.45, 7) is 2.36. The molecular weight excluding hydrogens is 294 g/mol. The van der Waals surface area contributed by atoms with Crippen molar-refractivity contribution < 1.29 is 17.9 Å². The van der Waals surface area contributed by atoms with E-state index in [0.717, 1.165) is 4.31 Å². The highest BCUT2D eigenvalue weighted by Crippen LogP contribution is 2.22. The van der Waals surface area contributed by atoms with Crippen molar-refractivity contribution in [1.82, 2.24) is 9.62 Å². The summed E-state index contributed by atoms with van der Waals surface area (Å²) in [4.78, 5) is 11.9. The molecule has 0 aliphatic rings. The first kappa shape index (κ1) is 17.3. The van der Waals surface area contributed by atoms with Crippen molar-refractivity contribution >= 4 is 21.6 Å². The first-order valence-electron chi connectivity index (χ1n) is 6.48. The van der Waals surface area contributed by atoms with Crippen molar-refractivity contribution in [3.8, 4) is 5.75 Å². The van der Waals surface area contributed by atoms with E-state index in [1.54, 1.807) is 12.1 Å². The lowest BCUT2D eigenvalue weighted by atomic mass is 10.2. The summed E-state index contributed by atoms with van der Waals surface area (Å²) < 4.78 is 29.5. The van der Waals surface area contributed by atoms with Gasteiger partial charge in [-0.1, -0.05) is 0 Å². The summed E-state index contributed by atoms with van der Waals surface area (Å²) in [5, 5.41) is 2.55. The Labute approximate surface area is 125 Å². The van der Waals surface area contributed by atoms with Crippen LogP contribution in [0, 0.1) is 0 Å². The number of carbonyl (C=O) groups is 1. The SMILES string of the molecule is CCOc1ccc(C(=O)NCCS(=O)(=O)N(C)C)cc1N. The lowest BCUT2D eigenvalue weighted by Gasteiger charge is -2.12. The van der Waals surface area contributed by atoms with Crippen molar-refractivity contribution in [2.75, 3.05) is 38.7 Å². The minimum absolute atomic E-state index is 0.0342. The smallest absolute Gasteiger partial charge is 0.251 e. The van der Waals surface area contributed by atoms with Gasteiger partial charge in [0.2, 0.25) is 10.0 Å². The fourth-order valence-electron chi connectivity index (χ4n) is 1.55. The number of hydrogen-bond acceptors (Lipinski definition) is 5. The molecule has 0 bridgehead atoms. The molecule has 0 unspecified atom stereocenters. The number of benzene rings is 1. The first-order chi connectivity index (χ1) is 9.77. The van der Waals surface area contributed by atoms with Gasteiger partial charge < -0.3 is 15.8 Å². The Hall–Kier alpha value is -1.80. The van der Waals surface area contributed by atoms with Gasteiger partial charge in [0.1, 0.15) is 5.75 Å². The predicted octanol–water partition coefficient (Wildman–Crippen LogP) is 0.289. The lowest BCUT2D eigenvalue weighted by molar-refractivity contribution is 0.0956. The summed E-state index contributed by atoms with van der Waals surface area (Å²) in [6.07, 6.45) is 0. The number of nitrogen functional groups attached to an aromatic ring is 1. The third-order valence-corrected chi connectivity index (χ3v) is 4.61. The number of ether oxygens (including phenoxy) is 1. The minimum atomic E-state index is -3.32. The second-order valence-electron chi connectivity index (χ2n) is 4.54. The van der Waals surface area contributed by atoms with Crippen molar-refractivity contribution in [3.05, 3.63) is 23.8 Å². The third-order valence-electron chi connectivity index (χ3n) is 2.77. The number of carbonyl (C=O) groups excluding carboxylic acids is 1. The maximum atomic E-state index is 11.9. The summed E-state index contributed by atoms with van der Waals surface area (Å²) in [5.41, 5.74) is 6.50. The molecule has 8 heteroatoms. The molecule has 0 saturated carbocycles. The van der Waals surface area contributed by atoms with Crippen molar-refractivity contribution in [2.45, 2.75) is 6.92 Å². The highest BCUT2D eigenvalue weighted by molar-refractivity contribution is 7.89. The quantitative estimate of drug-likeness (QED) is 0.704. The molecule has 0 aromatic heterocycles. The molecule has 0 saturated heterocycles. The number of anilines is 1. The van der Waals surface area contributed by atoms with Gasteiger partial charge in [0.15, 0.2) is 0 Å². The fraction of sp³-hybridized carbons (Fsp3) is 0.462. The lowest BCUT2D eigenvalue weighted by Crippen LogP contribution is -2.33. The number of nitrogens with one attached hydrogen (secondary N) is 1. The van der Waals surface area contributed by atoms with E-state index < -0.39 is 10.0 Å². The molecule has 3 N–H and O–H groups in total. The zero-order valence-electron chi connectivity index (χ0n) is 12.4. The minimum Gasteiger partial charge on any atom is -0.492 e. The highest BCUT2D eigenvalue weighted by atomic mass is 32.2. The Bertz CT molecular complexity index is 599. The van der Waals surface area contributed by atoms with Crippen molar-refractivity contribution in [1.29, 1.82) is 0 Å². The van der Waals surface area contributed by atoms with Crippen LogP contribution in [0.2, 0.25) is 0 Å². The zero-order valence-corrected chi connectivity index (χ0v) is 13.2. The Morgan fingerprint density at radius 1 is 1.38 bits per heavy atom. The molecule has 0 aliphatic carbocycles. The van der Waals surface area contributed by atoms with Gasteiger partial charge in [-0.2, -0.15) is 0 Å². The van der Waals surface area contributed by atoms with Crippen LogP contribution in [0.1, 0.15) is 17.3 Å². The standard InChI is InChI=1S/C13H21N3O4S/c1-4-20-12-6-5-10(9-11(12)14)13(17)15-7-8-21(18,19)16(2)3/h5-6,9H,4,7-8,14H2,1-3H3,(H,15,17). The normalized spacial score (nSPS) is 11.4. The average Bonchev–Trinajstić information content (AvgIpc) is 2.40. The van der Waals surface area contributed by atoms with E-state index in [0.29, 0.717) is 23.6 Å². The summed E-state index contributed by atoms with van der Waals surface area (Å²) in [7, 11) is -0.427. The third kappa shape index (κ3) is 4.91. The van der Waals surface area contributed by atoms with Gasteiger partial charge in [-0.3, -0.25) is 4.79 Å². The van der Waals surface area contributed by atoms with Gasteiger partial charge in [-0.25, -0.2) is 12.7 Å². The fourth-order valence-corrected chi connectivity index (χ4v) is 2.28. The molecule has 118 valence electrons. The van der Waals surface area contributed by atoms with Crippen LogP contribution in [0.3, 0.4) is 0 Å². The molecule has 0 radical (unpaired) electrons.